The van der Waals surface area contributed by atoms with Crippen LogP contribution in [-0.2, 0) is 21.4 Å². The zero-order valence-corrected chi connectivity index (χ0v) is 20.8. The maximum absolute atomic E-state index is 7.41. The van der Waals surface area contributed by atoms with Crippen LogP contribution in [0.4, 0.5) is 0 Å². The van der Waals surface area contributed by atoms with Crippen LogP contribution in [-0.4, -0.2) is 0 Å². The molecule has 1 unspecified atom stereocenters. The zero-order chi connectivity index (χ0) is 18.1. The Bertz CT molecular complexity index is 1060. The van der Waals surface area contributed by atoms with Gasteiger partial charge in [-0.15, -0.1) is 0 Å². The van der Waals surface area contributed by atoms with E-state index in [0.29, 0.717) is 0 Å². The minimum absolute atomic E-state index is 0.116. The molecule has 0 amide bonds. The van der Waals surface area contributed by atoms with Crippen molar-refractivity contribution in [3.8, 4) is 0 Å². The van der Waals surface area contributed by atoms with E-state index in [-0.39, 0.29) is 5.92 Å². The van der Waals surface area contributed by atoms with E-state index in [9.17, 15) is 0 Å². The molecule has 2 aromatic carbocycles. The number of thiol groups is 1. The Labute approximate surface area is 177 Å². The molecule has 0 saturated carbocycles. The topological polar surface area (TPSA) is 0 Å². The molecule has 1 aliphatic heterocycles. The van der Waals surface area contributed by atoms with Crippen LogP contribution >= 0.6 is 54.1 Å². The van der Waals surface area contributed by atoms with Gasteiger partial charge < -0.3 is 0 Å². The molecular weight excluding hydrogens is 546 g/mol. The number of thioether (sulfide) groups is 1. The van der Waals surface area contributed by atoms with Crippen LogP contribution in [0.25, 0.3) is 12.2 Å². The summed E-state index contributed by atoms with van der Waals surface area (Å²) in [7, 11) is 20.0. The molecule has 1 heterocycles. The van der Waals surface area contributed by atoms with E-state index in [1.807, 2.05) is 0 Å². The molecule has 2 aliphatic carbocycles. The van der Waals surface area contributed by atoms with Gasteiger partial charge in [-0.3, -0.25) is 0 Å². The molecule has 0 nitrogen and oxygen atoms in total. The van der Waals surface area contributed by atoms with Crippen LogP contribution in [0, 0.1) is 0 Å². The molecule has 1 atom stereocenters. The second-order valence-electron chi connectivity index (χ2n) is 6.85. The molecule has 26 heavy (non-hydrogen) atoms. The molecule has 3 aliphatic rings. The van der Waals surface area contributed by atoms with E-state index in [4.69, 9.17) is 26.4 Å². The van der Waals surface area contributed by atoms with Gasteiger partial charge in [0, 0.05) is 0 Å². The molecule has 131 valence electrons. The third-order valence-corrected chi connectivity index (χ3v) is 23.2. The number of hydrogen-bond donors (Lipinski definition) is 1. The van der Waals surface area contributed by atoms with Crippen molar-refractivity contribution in [2.24, 2.45) is 0 Å². The summed E-state index contributed by atoms with van der Waals surface area (Å²) in [4.78, 5) is 1.28. The Morgan fingerprint density at radius 2 is 1.92 bits per heavy atom. The number of halogens is 3. The summed E-state index contributed by atoms with van der Waals surface area (Å²) in [5.74, 6) is 0.116. The van der Waals surface area contributed by atoms with Crippen LogP contribution < -0.4 is 3.27 Å². The summed E-state index contributed by atoms with van der Waals surface area (Å²) in [5, 5.41) is 0. The van der Waals surface area contributed by atoms with Crippen molar-refractivity contribution in [1.82, 2.24) is 0 Å². The zero-order valence-electron chi connectivity index (χ0n) is 13.5. The third-order valence-electron chi connectivity index (χ3n) is 5.33. The van der Waals surface area contributed by atoms with E-state index in [1.165, 1.54) is 27.2 Å². The number of hydrogen-bond acceptors (Lipinski definition) is 2. The summed E-state index contributed by atoms with van der Waals surface area (Å²) in [6.45, 7) is 0. The van der Waals surface area contributed by atoms with Crippen LogP contribution in [0.2, 0.25) is 0 Å². The van der Waals surface area contributed by atoms with Crippen molar-refractivity contribution in [3.63, 3.8) is 0 Å². The Morgan fingerprint density at radius 1 is 1.12 bits per heavy atom. The first-order valence-corrected chi connectivity index (χ1v) is 22.5. The molecule has 0 fully saturated rings. The van der Waals surface area contributed by atoms with Gasteiger partial charge >= 0.3 is 180 Å². The van der Waals surface area contributed by atoms with Gasteiger partial charge in [-0.2, -0.15) is 0 Å². The summed E-state index contributed by atoms with van der Waals surface area (Å²) >= 11 is 0.756. The minimum atomic E-state index is -4.75. The van der Waals surface area contributed by atoms with Gasteiger partial charge in [-0.1, -0.05) is 0 Å². The summed E-state index contributed by atoms with van der Waals surface area (Å²) in [6, 6.07) is 14.8. The molecular formula is C20H14BrCl2S2Zr. The van der Waals surface area contributed by atoms with Gasteiger partial charge in [0.15, 0.2) is 0 Å². The molecule has 0 N–H and O–H groups in total. The molecule has 2 aromatic rings. The van der Waals surface area contributed by atoms with E-state index in [1.54, 1.807) is 11.8 Å². The molecule has 0 saturated heterocycles. The number of fused-ring (bicyclic) bond motifs is 4. The predicted octanol–water partition coefficient (Wildman–Crippen LogP) is 7.17. The second kappa shape index (κ2) is 6.15. The van der Waals surface area contributed by atoms with Gasteiger partial charge in [-0.05, 0) is 0 Å². The molecule has 0 spiro atoms. The van der Waals surface area contributed by atoms with E-state index in [2.05, 4.69) is 76.6 Å². The SMILES string of the molecule is [SH][Zr]([Cl])([Cl])([C]1=C(Br)SC2=Cc3ccccc3C21)[c]1cccc2c1C=CC2. The first-order chi connectivity index (χ1) is 12.4. The van der Waals surface area contributed by atoms with Gasteiger partial charge in [0.2, 0.25) is 0 Å². The molecule has 0 radical (unpaired) electrons. The van der Waals surface area contributed by atoms with Gasteiger partial charge in [0.1, 0.15) is 0 Å². The normalized spacial score (nSPS) is 21.9. The van der Waals surface area contributed by atoms with Crippen molar-refractivity contribution in [1.29, 1.82) is 0 Å². The fourth-order valence-corrected chi connectivity index (χ4v) is 26.6. The summed E-state index contributed by atoms with van der Waals surface area (Å²) in [6.07, 6.45) is 7.50. The predicted molar refractivity (Wildman–Crippen MR) is 120 cm³/mol. The van der Waals surface area contributed by atoms with Crippen LogP contribution in [0.1, 0.15) is 28.2 Å². The Morgan fingerprint density at radius 3 is 2.77 bits per heavy atom. The van der Waals surface area contributed by atoms with Gasteiger partial charge in [-0.25, -0.2) is 0 Å². The van der Waals surface area contributed by atoms with E-state index >= 15 is 0 Å². The monoisotopic (exact) mass is 557 g/mol. The number of rotatable bonds is 2. The maximum atomic E-state index is 7.41. The van der Waals surface area contributed by atoms with E-state index in [0.717, 1.165) is 16.8 Å². The summed E-state index contributed by atoms with van der Waals surface area (Å²) in [5.41, 5.74) is 4.98. The first kappa shape index (κ1) is 18.3. The summed E-state index contributed by atoms with van der Waals surface area (Å²) < 4.78 is 3.16. The quantitative estimate of drug-likeness (QED) is 0.380. The average molecular weight is 561 g/mol. The molecule has 0 aromatic heterocycles. The molecule has 6 heteroatoms. The molecule has 5 rings (SSSR count). The fraction of sp³-hybridized carbons (Fsp3) is 0.100. The Kier molecular flexibility index (Phi) is 4.34. The van der Waals surface area contributed by atoms with Gasteiger partial charge in [0.25, 0.3) is 0 Å². The fourth-order valence-electron chi connectivity index (χ4n) is 4.17. The second-order valence-corrected chi connectivity index (χ2v) is 35.2. The first-order valence-electron chi connectivity index (χ1n) is 8.35. The Balaban J connectivity index is 1.74. The average Bonchev–Trinajstić information content (AvgIpc) is 3.26. The van der Waals surface area contributed by atoms with Crippen molar-refractivity contribution in [3.05, 3.63) is 82.8 Å². The number of allylic oxidation sites excluding steroid dienone is 3. The molecule has 0 bridgehead atoms. The van der Waals surface area contributed by atoms with Crippen molar-refractivity contribution in [2.45, 2.75) is 12.3 Å². The Hall–Kier alpha value is 0.303. The van der Waals surface area contributed by atoms with Crippen molar-refractivity contribution < 1.29 is 14.9 Å². The van der Waals surface area contributed by atoms with Crippen LogP contribution in [0.3, 0.4) is 0 Å². The van der Waals surface area contributed by atoms with Crippen molar-refractivity contribution in [2.75, 3.05) is 0 Å². The standard InChI is InChI=1S/C11H6BrS.C9H7.2ClH.H2S.Zr/c12-11-6-9-8-4-2-1-3-7(8)5-10(9)13-11;1-2-5-9-7-3-6-8(9)4-1;;;;/h1-5,9H;1-4,7H,6H2;2*1H;1H2;/q;;;;;+3/p-3. The van der Waals surface area contributed by atoms with Crippen LogP contribution in [0.15, 0.2) is 60.5 Å². The third kappa shape index (κ3) is 2.60. The van der Waals surface area contributed by atoms with Crippen LogP contribution in [0.5, 0.6) is 0 Å². The van der Waals surface area contributed by atoms with Gasteiger partial charge in [0.05, 0.1) is 0 Å². The van der Waals surface area contributed by atoms with Crippen molar-refractivity contribution >= 4 is 69.5 Å². The number of benzene rings is 2. The van der Waals surface area contributed by atoms with E-state index < -0.39 is 14.9 Å².